The summed E-state index contributed by atoms with van der Waals surface area (Å²) in [7, 11) is 0. The van der Waals surface area contributed by atoms with Crippen molar-refractivity contribution in [3.05, 3.63) is 58.7 Å². The molecule has 0 radical (unpaired) electrons. The molecule has 2 nitrogen and oxygen atoms in total. The summed E-state index contributed by atoms with van der Waals surface area (Å²) in [4.78, 5) is 0. The Balaban J connectivity index is 1.79. The van der Waals surface area contributed by atoms with Gasteiger partial charge in [-0.2, -0.15) is 10.5 Å². The van der Waals surface area contributed by atoms with Crippen LogP contribution in [0.3, 0.4) is 0 Å². The highest BCUT2D eigenvalue weighted by Gasteiger charge is 2.26. The number of hydrogen-bond acceptors (Lipinski definition) is 2. The summed E-state index contributed by atoms with van der Waals surface area (Å²) in [6, 6.07) is 17.5. The van der Waals surface area contributed by atoms with Crippen LogP contribution in [0.4, 0.5) is 0 Å². The Hall–Kier alpha value is -2.58. The predicted molar refractivity (Wildman–Crippen MR) is 129 cm³/mol. The van der Waals surface area contributed by atoms with Crippen LogP contribution in [0.5, 0.6) is 0 Å². The summed E-state index contributed by atoms with van der Waals surface area (Å²) < 4.78 is 0. The molecule has 1 fully saturated rings. The maximum atomic E-state index is 9.97. The van der Waals surface area contributed by atoms with Crippen LogP contribution in [0.2, 0.25) is 0 Å². The van der Waals surface area contributed by atoms with Crippen LogP contribution in [-0.2, 0) is 6.42 Å². The van der Waals surface area contributed by atoms with Gasteiger partial charge in [0.2, 0.25) is 0 Å². The number of nitrogens with zero attached hydrogens (tertiary/aromatic N) is 2. The lowest BCUT2D eigenvalue weighted by Gasteiger charge is -2.29. The van der Waals surface area contributed by atoms with Crippen LogP contribution < -0.4 is 0 Å². The van der Waals surface area contributed by atoms with E-state index in [0.29, 0.717) is 17.0 Å². The van der Waals surface area contributed by atoms with E-state index in [-0.39, 0.29) is 0 Å². The molecule has 0 unspecified atom stereocenters. The minimum atomic E-state index is 0.412. The Kier molecular flexibility index (Phi) is 8.73. The third kappa shape index (κ3) is 5.77. The first kappa shape index (κ1) is 23.1. The van der Waals surface area contributed by atoms with Crippen molar-refractivity contribution in [1.82, 2.24) is 0 Å². The van der Waals surface area contributed by atoms with Crippen LogP contribution in [0.15, 0.2) is 36.4 Å². The van der Waals surface area contributed by atoms with E-state index in [0.717, 1.165) is 41.9 Å². The number of hydrogen-bond donors (Lipinski definition) is 0. The van der Waals surface area contributed by atoms with Crippen molar-refractivity contribution in [2.75, 3.05) is 0 Å². The predicted octanol–water partition coefficient (Wildman–Crippen LogP) is 8.29. The molecule has 0 atom stereocenters. The summed E-state index contributed by atoms with van der Waals surface area (Å²) >= 11 is 0. The van der Waals surface area contributed by atoms with Crippen LogP contribution >= 0.6 is 0 Å². The molecule has 31 heavy (non-hydrogen) atoms. The highest BCUT2D eigenvalue weighted by molar-refractivity contribution is 5.75. The Morgan fingerprint density at radius 1 is 0.774 bits per heavy atom. The lowest BCUT2D eigenvalue weighted by molar-refractivity contribution is 0.302. The van der Waals surface area contributed by atoms with Gasteiger partial charge in [-0.1, -0.05) is 82.3 Å². The van der Waals surface area contributed by atoms with E-state index in [9.17, 15) is 10.5 Å². The van der Waals surface area contributed by atoms with Crippen molar-refractivity contribution in [3.8, 4) is 23.3 Å². The monoisotopic (exact) mass is 412 g/mol. The first-order valence-electron chi connectivity index (χ1n) is 12.3. The van der Waals surface area contributed by atoms with Gasteiger partial charge in [-0.3, -0.25) is 0 Å². The third-order valence-corrected chi connectivity index (χ3v) is 7.05. The zero-order valence-corrected chi connectivity index (χ0v) is 19.3. The van der Waals surface area contributed by atoms with Gasteiger partial charge in [-0.15, -0.1) is 0 Å². The van der Waals surface area contributed by atoms with Crippen molar-refractivity contribution in [1.29, 1.82) is 10.5 Å². The molecule has 1 saturated carbocycles. The Bertz CT molecular complexity index is 919. The van der Waals surface area contributed by atoms with E-state index in [4.69, 9.17) is 0 Å². The lowest BCUT2D eigenvalue weighted by atomic mass is 9.75. The molecule has 0 aliphatic heterocycles. The van der Waals surface area contributed by atoms with Crippen LogP contribution in [0.1, 0.15) is 106 Å². The van der Waals surface area contributed by atoms with Crippen molar-refractivity contribution < 1.29 is 0 Å². The van der Waals surface area contributed by atoms with E-state index in [1.165, 1.54) is 56.9 Å². The number of aryl methyl sites for hydroxylation is 1. The molecule has 0 spiro atoms. The molecule has 0 bridgehead atoms. The van der Waals surface area contributed by atoms with Crippen molar-refractivity contribution >= 4 is 0 Å². The minimum Gasteiger partial charge on any atom is -0.192 e. The average molecular weight is 413 g/mol. The lowest BCUT2D eigenvalue weighted by Crippen LogP contribution is -2.15. The van der Waals surface area contributed by atoms with Crippen LogP contribution in [-0.4, -0.2) is 0 Å². The SMILES string of the molecule is CCCCC[C@H]1CC[C@H](c2ccc(-c3ccc(CCCC)cc3)c(C#N)c2C#N)CC1. The normalized spacial score (nSPS) is 18.3. The van der Waals surface area contributed by atoms with Crippen LogP contribution in [0, 0.1) is 28.6 Å². The van der Waals surface area contributed by atoms with Gasteiger partial charge in [0.15, 0.2) is 0 Å². The van der Waals surface area contributed by atoms with Gasteiger partial charge in [0, 0.05) is 5.56 Å². The highest BCUT2D eigenvalue weighted by atomic mass is 14.3. The van der Waals surface area contributed by atoms with Gasteiger partial charge in [0.1, 0.15) is 12.1 Å². The quantitative estimate of drug-likeness (QED) is 0.389. The van der Waals surface area contributed by atoms with Gasteiger partial charge >= 0.3 is 0 Å². The molecule has 0 heterocycles. The molecular weight excluding hydrogens is 376 g/mol. The summed E-state index contributed by atoms with van der Waals surface area (Å²) in [6.45, 7) is 4.47. The zero-order chi connectivity index (χ0) is 22.1. The Morgan fingerprint density at radius 3 is 2.06 bits per heavy atom. The second-order valence-corrected chi connectivity index (χ2v) is 9.19. The number of rotatable bonds is 9. The molecule has 2 heteroatoms. The van der Waals surface area contributed by atoms with Gasteiger partial charge < -0.3 is 0 Å². The van der Waals surface area contributed by atoms with Gasteiger partial charge in [-0.25, -0.2) is 0 Å². The maximum absolute atomic E-state index is 9.97. The molecule has 0 saturated heterocycles. The molecule has 2 aromatic carbocycles. The standard InChI is InChI=1S/C29H36N2/c1-3-5-7-9-23-12-16-25(17-13-23)27-19-18-26(28(20-30)29(27)21-31)24-14-10-22(11-15-24)8-6-4-2/h10-11,14-15,18-19,23,25H,3-9,12-13,16-17H2,1-2H3/t23-,25-. The fourth-order valence-corrected chi connectivity index (χ4v) is 5.11. The van der Waals surface area contributed by atoms with E-state index < -0.39 is 0 Å². The number of nitriles is 2. The Morgan fingerprint density at radius 2 is 1.45 bits per heavy atom. The first-order chi connectivity index (χ1) is 15.2. The van der Waals surface area contributed by atoms with E-state index in [1.54, 1.807) is 0 Å². The molecule has 0 aromatic heterocycles. The molecule has 1 aliphatic rings. The fraction of sp³-hybridized carbons (Fsp3) is 0.517. The first-order valence-corrected chi connectivity index (χ1v) is 12.3. The summed E-state index contributed by atoms with van der Waals surface area (Å²) in [6.07, 6.45) is 13.6. The summed E-state index contributed by atoms with van der Waals surface area (Å²) in [5.74, 6) is 1.25. The minimum absolute atomic E-state index is 0.412. The summed E-state index contributed by atoms with van der Waals surface area (Å²) in [5.41, 5.74) is 5.49. The molecule has 0 N–H and O–H groups in total. The molecular formula is C29H36N2. The van der Waals surface area contributed by atoms with Crippen LogP contribution in [0.25, 0.3) is 11.1 Å². The molecule has 0 amide bonds. The summed E-state index contributed by atoms with van der Waals surface area (Å²) in [5, 5.41) is 19.9. The van der Waals surface area contributed by atoms with Crippen molar-refractivity contribution in [2.45, 2.75) is 90.4 Å². The van der Waals surface area contributed by atoms with Gasteiger partial charge in [0.25, 0.3) is 0 Å². The number of benzene rings is 2. The van der Waals surface area contributed by atoms with Gasteiger partial charge in [0.05, 0.1) is 11.1 Å². The maximum Gasteiger partial charge on any atom is 0.101 e. The second kappa shape index (κ2) is 11.7. The molecule has 162 valence electrons. The fourth-order valence-electron chi connectivity index (χ4n) is 5.11. The van der Waals surface area contributed by atoms with Crippen molar-refractivity contribution in [3.63, 3.8) is 0 Å². The molecule has 3 rings (SSSR count). The largest absolute Gasteiger partial charge is 0.192 e. The topological polar surface area (TPSA) is 47.6 Å². The van der Waals surface area contributed by atoms with E-state index >= 15 is 0 Å². The van der Waals surface area contributed by atoms with Gasteiger partial charge in [-0.05, 0) is 67.1 Å². The highest BCUT2D eigenvalue weighted by Crippen LogP contribution is 2.41. The third-order valence-electron chi connectivity index (χ3n) is 7.05. The number of unbranched alkanes of at least 4 members (excludes halogenated alkanes) is 3. The van der Waals surface area contributed by atoms with E-state index in [2.05, 4.69) is 62.4 Å². The Labute approximate surface area is 188 Å². The zero-order valence-electron chi connectivity index (χ0n) is 19.3. The smallest absolute Gasteiger partial charge is 0.101 e. The second-order valence-electron chi connectivity index (χ2n) is 9.19. The molecule has 2 aromatic rings. The average Bonchev–Trinajstić information content (AvgIpc) is 2.82. The molecule has 1 aliphatic carbocycles. The van der Waals surface area contributed by atoms with Crippen molar-refractivity contribution in [2.24, 2.45) is 5.92 Å². The van der Waals surface area contributed by atoms with E-state index in [1.807, 2.05) is 0 Å².